The number of nitrogens with zero attached hydrogens (tertiary/aromatic N) is 5. The maximum Gasteiger partial charge on any atom is 0.274 e. The number of benzene rings is 1. The van der Waals surface area contributed by atoms with E-state index >= 15 is 0 Å². The first-order valence-corrected chi connectivity index (χ1v) is 11.5. The van der Waals surface area contributed by atoms with Crippen molar-refractivity contribution in [2.45, 2.75) is 36.1 Å². The summed E-state index contributed by atoms with van der Waals surface area (Å²) < 4.78 is 4.36. The van der Waals surface area contributed by atoms with E-state index in [0.29, 0.717) is 17.4 Å². The van der Waals surface area contributed by atoms with E-state index in [9.17, 15) is 4.79 Å². The molecule has 1 N–H and O–H groups in total. The number of nitrogens with one attached hydrogen (secondary N) is 1. The van der Waals surface area contributed by atoms with Gasteiger partial charge in [-0.05, 0) is 46.8 Å². The van der Waals surface area contributed by atoms with E-state index in [1.807, 2.05) is 29.1 Å². The largest absolute Gasteiger partial charge is 0.317 e. The van der Waals surface area contributed by atoms with Crippen LogP contribution in [0.3, 0.4) is 0 Å². The summed E-state index contributed by atoms with van der Waals surface area (Å²) in [6.07, 6.45) is 8.82. The Kier molecular flexibility index (Phi) is 5.30. The van der Waals surface area contributed by atoms with Crippen molar-refractivity contribution < 1.29 is 4.79 Å². The fraction of sp³-hybridized carbons (Fsp3) is 0.238. The molecule has 9 heteroatoms. The summed E-state index contributed by atoms with van der Waals surface area (Å²) in [4.78, 5) is 17.3. The van der Waals surface area contributed by atoms with Crippen LogP contribution in [-0.2, 0) is 5.75 Å². The van der Waals surface area contributed by atoms with Gasteiger partial charge in [-0.15, -0.1) is 0 Å². The standard InChI is InChI=1S/C21H19BrN6OS/c22-16-11-23-27-10-9-17(24-19(16)27)20(29)25-18-12-28(15-7-4-8-15)26-21(18)30-13-14-5-2-1-3-6-14/h1-3,5-6,9-12,15H,4,7-8,13H2,(H,25,29). The zero-order valence-corrected chi connectivity index (χ0v) is 18.4. The summed E-state index contributed by atoms with van der Waals surface area (Å²) in [5, 5.41) is 12.8. The summed E-state index contributed by atoms with van der Waals surface area (Å²) >= 11 is 5.04. The molecule has 3 aromatic heterocycles. The van der Waals surface area contributed by atoms with E-state index in [1.54, 1.807) is 34.7 Å². The fourth-order valence-corrected chi connectivity index (χ4v) is 4.55. The Morgan fingerprint density at radius 2 is 2.07 bits per heavy atom. The number of hydrogen-bond acceptors (Lipinski definition) is 5. The van der Waals surface area contributed by atoms with Crippen molar-refractivity contribution in [1.29, 1.82) is 0 Å². The predicted molar refractivity (Wildman–Crippen MR) is 120 cm³/mol. The lowest BCUT2D eigenvalue weighted by Crippen LogP contribution is -2.17. The van der Waals surface area contributed by atoms with Gasteiger partial charge in [0.15, 0.2) is 5.65 Å². The van der Waals surface area contributed by atoms with Crippen LogP contribution in [0.15, 0.2) is 64.5 Å². The molecule has 1 aromatic carbocycles. The SMILES string of the molecule is O=C(Nc1cn(C2CCC2)nc1SCc1ccccc1)c1ccn2ncc(Br)c2n1. The average Bonchev–Trinajstić information content (AvgIpc) is 3.29. The Balaban J connectivity index is 1.39. The minimum Gasteiger partial charge on any atom is -0.317 e. The smallest absolute Gasteiger partial charge is 0.274 e. The quantitative estimate of drug-likeness (QED) is 0.393. The second-order valence-corrected chi connectivity index (χ2v) is 9.03. The van der Waals surface area contributed by atoms with Crippen molar-refractivity contribution in [3.63, 3.8) is 0 Å². The van der Waals surface area contributed by atoms with Crippen LogP contribution in [-0.4, -0.2) is 30.3 Å². The van der Waals surface area contributed by atoms with Crippen LogP contribution in [0.5, 0.6) is 0 Å². The minimum absolute atomic E-state index is 0.264. The van der Waals surface area contributed by atoms with Crippen LogP contribution in [0.4, 0.5) is 5.69 Å². The third-order valence-electron chi connectivity index (χ3n) is 5.17. The number of carbonyl (C=O) groups is 1. The highest BCUT2D eigenvalue weighted by molar-refractivity contribution is 9.10. The van der Waals surface area contributed by atoms with Crippen molar-refractivity contribution in [3.8, 4) is 0 Å². The number of rotatable bonds is 6. The van der Waals surface area contributed by atoms with E-state index in [-0.39, 0.29) is 5.91 Å². The molecule has 4 aromatic rings. The Hall–Kier alpha value is -2.65. The predicted octanol–water partition coefficient (Wildman–Crippen LogP) is 4.96. The Morgan fingerprint density at radius 3 is 2.83 bits per heavy atom. The monoisotopic (exact) mass is 482 g/mol. The number of hydrogen-bond donors (Lipinski definition) is 1. The van der Waals surface area contributed by atoms with Crippen molar-refractivity contribution >= 4 is 44.9 Å². The fourth-order valence-electron chi connectivity index (χ4n) is 3.29. The van der Waals surface area contributed by atoms with Gasteiger partial charge < -0.3 is 5.32 Å². The van der Waals surface area contributed by atoms with E-state index in [1.165, 1.54) is 12.0 Å². The van der Waals surface area contributed by atoms with Gasteiger partial charge in [0.25, 0.3) is 5.91 Å². The molecule has 1 saturated carbocycles. The van der Waals surface area contributed by atoms with Gasteiger partial charge in [-0.25, -0.2) is 9.50 Å². The van der Waals surface area contributed by atoms with Gasteiger partial charge in [-0.2, -0.15) is 10.2 Å². The molecule has 0 spiro atoms. The van der Waals surface area contributed by atoms with E-state index < -0.39 is 0 Å². The zero-order valence-electron chi connectivity index (χ0n) is 16.0. The van der Waals surface area contributed by atoms with Crippen LogP contribution in [0.25, 0.3) is 5.65 Å². The topological polar surface area (TPSA) is 77.1 Å². The number of halogens is 1. The molecule has 7 nitrogen and oxygen atoms in total. The summed E-state index contributed by atoms with van der Waals surface area (Å²) in [7, 11) is 0. The van der Waals surface area contributed by atoms with Crippen LogP contribution < -0.4 is 5.32 Å². The van der Waals surface area contributed by atoms with Crippen molar-refractivity contribution in [2.75, 3.05) is 5.32 Å². The molecule has 0 aliphatic heterocycles. The number of amides is 1. The molecule has 0 unspecified atom stereocenters. The maximum absolute atomic E-state index is 12.9. The van der Waals surface area contributed by atoms with Crippen LogP contribution in [0.2, 0.25) is 0 Å². The third-order valence-corrected chi connectivity index (χ3v) is 6.78. The van der Waals surface area contributed by atoms with Crippen LogP contribution in [0, 0.1) is 0 Å². The molecule has 1 fully saturated rings. The van der Waals surface area contributed by atoms with E-state index in [4.69, 9.17) is 5.10 Å². The summed E-state index contributed by atoms with van der Waals surface area (Å²) in [5.41, 5.74) is 2.88. The van der Waals surface area contributed by atoms with Crippen molar-refractivity contribution in [2.24, 2.45) is 0 Å². The second-order valence-electron chi connectivity index (χ2n) is 7.21. The van der Waals surface area contributed by atoms with Gasteiger partial charge in [0.05, 0.1) is 28.6 Å². The molecule has 0 radical (unpaired) electrons. The number of aromatic nitrogens is 5. The molecular weight excluding hydrogens is 464 g/mol. The van der Waals surface area contributed by atoms with Gasteiger partial charge in [0, 0.05) is 11.9 Å². The first-order chi connectivity index (χ1) is 14.7. The Labute approximate surface area is 186 Å². The van der Waals surface area contributed by atoms with Gasteiger partial charge in [0.2, 0.25) is 0 Å². The number of anilines is 1. The zero-order chi connectivity index (χ0) is 20.5. The first-order valence-electron chi connectivity index (χ1n) is 9.74. The molecule has 0 bridgehead atoms. The molecular formula is C21H19BrN6OS. The van der Waals surface area contributed by atoms with Gasteiger partial charge >= 0.3 is 0 Å². The molecule has 1 amide bonds. The summed E-state index contributed by atoms with van der Waals surface area (Å²) in [6, 6.07) is 12.3. The minimum atomic E-state index is -0.264. The lowest BCUT2D eigenvalue weighted by Gasteiger charge is -2.25. The number of fused-ring (bicyclic) bond motifs is 1. The highest BCUT2D eigenvalue weighted by Crippen LogP contribution is 2.35. The molecule has 0 saturated heterocycles. The molecule has 5 rings (SSSR count). The van der Waals surface area contributed by atoms with Crippen molar-refractivity contribution in [1.82, 2.24) is 24.4 Å². The third kappa shape index (κ3) is 3.87. The lowest BCUT2D eigenvalue weighted by molar-refractivity contribution is 0.102. The van der Waals surface area contributed by atoms with Crippen LogP contribution in [0.1, 0.15) is 41.4 Å². The Bertz CT molecular complexity index is 1200. The molecule has 30 heavy (non-hydrogen) atoms. The average molecular weight is 483 g/mol. The summed E-state index contributed by atoms with van der Waals surface area (Å²) in [6.45, 7) is 0. The molecule has 152 valence electrons. The molecule has 1 aliphatic rings. The molecule has 0 atom stereocenters. The highest BCUT2D eigenvalue weighted by atomic mass is 79.9. The van der Waals surface area contributed by atoms with E-state index in [2.05, 4.69) is 43.5 Å². The normalized spacial score (nSPS) is 14.0. The van der Waals surface area contributed by atoms with E-state index in [0.717, 1.165) is 33.8 Å². The van der Waals surface area contributed by atoms with Crippen molar-refractivity contribution in [3.05, 3.63) is 70.7 Å². The second kappa shape index (κ2) is 8.23. The van der Waals surface area contributed by atoms with Gasteiger partial charge in [-0.3, -0.25) is 9.48 Å². The van der Waals surface area contributed by atoms with Gasteiger partial charge in [-0.1, -0.05) is 42.1 Å². The first kappa shape index (κ1) is 19.3. The van der Waals surface area contributed by atoms with Gasteiger partial charge in [0.1, 0.15) is 10.7 Å². The summed E-state index contributed by atoms with van der Waals surface area (Å²) in [5.74, 6) is 0.526. The lowest BCUT2D eigenvalue weighted by atomic mass is 9.93. The van der Waals surface area contributed by atoms with Crippen LogP contribution >= 0.6 is 27.7 Å². The molecule has 1 aliphatic carbocycles. The number of carbonyl (C=O) groups excluding carboxylic acids is 1. The molecule has 3 heterocycles. The maximum atomic E-state index is 12.9. The Morgan fingerprint density at radius 1 is 1.23 bits per heavy atom. The highest BCUT2D eigenvalue weighted by Gasteiger charge is 2.23. The number of thioether (sulfide) groups is 1.